The molecule has 70 valence electrons. The van der Waals surface area contributed by atoms with Crippen molar-refractivity contribution in [3.63, 3.8) is 0 Å². The summed E-state index contributed by atoms with van der Waals surface area (Å²) in [6, 6.07) is 7.79. The lowest BCUT2D eigenvalue weighted by Crippen LogP contribution is -2.39. The largest absolute Gasteiger partial charge is 0.479 e. The van der Waals surface area contributed by atoms with Gasteiger partial charge in [0.2, 0.25) is 5.60 Å². The van der Waals surface area contributed by atoms with Crippen molar-refractivity contribution in [1.82, 2.24) is 0 Å². The maximum atomic E-state index is 10.6. The standard InChI is InChI=1S/C9H10O4/c10-6-9(13,8(11)12)7-4-2-1-3-5-7/h1-5,10,13H,6H2,(H,11,12). The van der Waals surface area contributed by atoms with Crippen LogP contribution in [0.2, 0.25) is 0 Å². The van der Waals surface area contributed by atoms with Crippen molar-refractivity contribution in [3.05, 3.63) is 35.9 Å². The minimum absolute atomic E-state index is 0.171. The van der Waals surface area contributed by atoms with Crippen LogP contribution >= 0.6 is 0 Å². The first-order valence-corrected chi connectivity index (χ1v) is 3.73. The number of aliphatic hydroxyl groups excluding tert-OH is 1. The molecule has 0 bridgehead atoms. The molecule has 1 aromatic rings. The Morgan fingerprint density at radius 3 is 2.23 bits per heavy atom. The molecule has 0 spiro atoms. The van der Waals surface area contributed by atoms with E-state index in [9.17, 15) is 9.90 Å². The van der Waals surface area contributed by atoms with E-state index >= 15 is 0 Å². The summed E-state index contributed by atoms with van der Waals surface area (Å²) in [6.45, 7) is -0.841. The molecule has 13 heavy (non-hydrogen) atoms. The van der Waals surface area contributed by atoms with E-state index in [0.29, 0.717) is 0 Å². The number of aliphatic carboxylic acids is 1. The van der Waals surface area contributed by atoms with Gasteiger partial charge in [-0.25, -0.2) is 4.79 Å². The number of carboxylic acids is 1. The number of carbonyl (C=O) groups is 1. The molecule has 0 saturated carbocycles. The lowest BCUT2D eigenvalue weighted by molar-refractivity contribution is -0.164. The topological polar surface area (TPSA) is 77.8 Å². The second kappa shape index (κ2) is 3.55. The summed E-state index contributed by atoms with van der Waals surface area (Å²) in [7, 11) is 0. The Morgan fingerprint density at radius 2 is 1.85 bits per heavy atom. The predicted molar refractivity (Wildman–Crippen MR) is 45.1 cm³/mol. The minimum atomic E-state index is -2.19. The zero-order valence-electron chi connectivity index (χ0n) is 6.84. The molecule has 4 nitrogen and oxygen atoms in total. The maximum Gasteiger partial charge on any atom is 0.342 e. The highest BCUT2D eigenvalue weighted by Gasteiger charge is 2.37. The molecule has 0 fully saturated rings. The summed E-state index contributed by atoms with van der Waals surface area (Å²) in [5.41, 5.74) is -2.02. The molecule has 0 aliphatic rings. The third-order valence-corrected chi connectivity index (χ3v) is 1.83. The summed E-state index contributed by atoms with van der Waals surface area (Å²) < 4.78 is 0. The Labute approximate surface area is 75.1 Å². The van der Waals surface area contributed by atoms with Crippen LogP contribution in [0.1, 0.15) is 5.56 Å². The fourth-order valence-electron chi connectivity index (χ4n) is 0.996. The predicted octanol–water partition coefficient (Wildman–Crippen LogP) is -0.0489. The van der Waals surface area contributed by atoms with Gasteiger partial charge in [0.05, 0.1) is 6.61 Å². The van der Waals surface area contributed by atoms with Gasteiger partial charge < -0.3 is 15.3 Å². The van der Waals surface area contributed by atoms with Crippen LogP contribution in [0.4, 0.5) is 0 Å². The molecular weight excluding hydrogens is 172 g/mol. The highest BCUT2D eigenvalue weighted by molar-refractivity contribution is 5.79. The van der Waals surface area contributed by atoms with Crippen molar-refractivity contribution in [2.75, 3.05) is 6.61 Å². The zero-order valence-corrected chi connectivity index (χ0v) is 6.84. The first kappa shape index (κ1) is 9.70. The molecule has 1 aromatic carbocycles. The Bertz CT molecular complexity index is 296. The van der Waals surface area contributed by atoms with Gasteiger partial charge in [0.1, 0.15) is 0 Å². The second-order valence-electron chi connectivity index (χ2n) is 2.69. The Morgan fingerprint density at radius 1 is 1.31 bits per heavy atom. The Balaban J connectivity index is 3.11. The molecule has 1 unspecified atom stereocenters. The van der Waals surface area contributed by atoms with E-state index in [0.717, 1.165) is 0 Å². The van der Waals surface area contributed by atoms with Gasteiger partial charge in [-0.05, 0) is 5.56 Å². The van der Waals surface area contributed by atoms with E-state index < -0.39 is 18.2 Å². The van der Waals surface area contributed by atoms with E-state index in [2.05, 4.69) is 0 Å². The van der Waals surface area contributed by atoms with Gasteiger partial charge in [-0.1, -0.05) is 30.3 Å². The normalized spacial score (nSPS) is 14.9. The monoisotopic (exact) mass is 182 g/mol. The lowest BCUT2D eigenvalue weighted by atomic mass is 9.95. The second-order valence-corrected chi connectivity index (χ2v) is 2.69. The fraction of sp³-hybridized carbons (Fsp3) is 0.222. The quantitative estimate of drug-likeness (QED) is 0.612. The van der Waals surface area contributed by atoms with Gasteiger partial charge in [0, 0.05) is 0 Å². The number of aliphatic hydroxyl groups is 2. The molecular formula is C9H10O4. The smallest absolute Gasteiger partial charge is 0.342 e. The molecule has 4 heteroatoms. The van der Waals surface area contributed by atoms with Crippen molar-refractivity contribution < 1.29 is 20.1 Å². The van der Waals surface area contributed by atoms with Crippen LogP contribution in [0, 0.1) is 0 Å². The lowest BCUT2D eigenvalue weighted by Gasteiger charge is -2.20. The van der Waals surface area contributed by atoms with Crippen LogP contribution in [0.25, 0.3) is 0 Å². The van der Waals surface area contributed by atoms with Crippen molar-refractivity contribution in [1.29, 1.82) is 0 Å². The molecule has 0 heterocycles. The van der Waals surface area contributed by atoms with Crippen LogP contribution in [0.15, 0.2) is 30.3 Å². The number of benzene rings is 1. The van der Waals surface area contributed by atoms with E-state index in [4.69, 9.17) is 10.2 Å². The number of hydrogen-bond donors (Lipinski definition) is 3. The van der Waals surface area contributed by atoms with E-state index in [1.807, 2.05) is 0 Å². The molecule has 0 aromatic heterocycles. The fourth-order valence-corrected chi connectivity index (χ4v) is 0.996. The zero-order chi connectivity index (χ0) is 9.90. The average Bonchev–Trinajstić information content (AvgIpc) is 2.17. The van der Waals surface area contributed by atoms with Gasteiger partial charge in [-0.3, -0.25) is 0 Å². The van der Waals surface area contributed by atoms with E-state index in [-0.39, 0.29) is 5.56 Å². The van der Waals surface area contributed by atoms with Crippen molar-refractivity contribution in [2.45, 2.75) is 5.60 Å². The summed E-state index contributed by atoms with van der Waals surface area (Å²) in [6.07, 6.45) is 0. The van der Waals surface area contributed by atoms with Crippen molar-refractivity contribution in [3.8, 4) is 0 Å². The SMILES string of the molecule is O=C(O)C(O)(CO)c1ccccc1. The maximum absolute atomic E-state index is 10.6. The third kappa shape index (κ3) is 1.68. The van der Waals surface area contributed by atoms with Crippen molar-refractivity contribution in [2.24, 2.45) is 0 Å². The van der Waals surface area contributed by atoms with Gasteiger partial charge in [-0.15, -0.1) is 0 Å². The number of hydrogen-bond acceptors (Lipinski definition) is 3. The van der Waals surface area contributed by atoms with Crippen LogP contribution in [-0.2, 0) is 10.4 Å². The van der Waals surface area contributed by atoms with E-state index in [1.165, 1.54) is 12.1 Å². The van der Waals surface area contributed by atoms with Gasteiger partial charge in [0.15, 0.2) is 0 Å². The molecule has 0 radical (unpaired) electrons. The summed E-state index contributed by atoms with van der Waals surface area (Å²) in [4.78, 5) is 10.6. The van der Waals surface area contributed by atoms with Crippen LogP contribution in [0.5, 0.6) is 0 Å². The molecule has 3 N–H and O–H groups in total. The van der Waals surface area contributed by atoms with Gasteiger partial charge in [-0.2, -0.15) is 0 Å². The summed E-state index contributed by atoms with van der Waals surface area (Å²) in [5.74, 6) is -1.46. The van der Waals surface area contributed by atoms with E-state index in [1.54, 1.807) is 18.2 Å². The Hall–Kier alpha value is -1.39. The number of rotatable bonds is 3. The molecule has 0 saturated heterocycles. The highest BCUT2D eigenvalue weighted by atomic mass is 16.4. The van der Waals surface area contributed by atoms with Crippen LogP contribution in [-0.4, -0.2) is 27.9 Å². The first-order chi connectivity index (χ1) is 6.11. The average molecular weight is 182 g/mol. The molecule has 0 aliphatic carbocycles. The molecule has 1 atom stereocenters. The summed E-state index contributed by atoms with van der Waals surface area (Å²) in [5, 5.41) is 27.0. The number of carboxylic acid groups (broad SMARTS) is 1. The molecule has 0 amide bonds. The highest BCUT2D eigenvalue weighted by Crippen LogP contribution is 2.20. The summed E-state index contributed by atoms with van der Waals surface area (Å²) >= 11 is 0. The van der Waals surface area contributed by atoms with Gasteiger partial charge in [0.25, 0.3) is 0 Å². The first-order valence-electron chi connectivity index (χ1n) is 3.73. The van der Waals surface area contributed by atoms with Gasteiger partial charge >= 0.3 is 5.97 Å². The van der Waals surface area contributed by atoms with Crippen LogP contribution < -0.4 is 0 Å². The third-order valence-electron chi connectivity index (χ3n) is 1.83. The van der Waals surface area contributed by atoms with Crippen molar-refractivity contribution >= 4 is 5.97 Å². The molecule has 0 aliphatic heterocycles. The minimum Gasteiger partial charge on any atom is -0.479 e. The molecule has 1 rings (SSSR count). The van der Waals surface area contributed by atoms with Crippen LogP contribution in [0.3, 0.4) is 0 Å². The Kier molecular flexibility index (Phi) is 2.65.